The minimum Gasteiger partial charge on any atom is -0.360 e. The molecule has 0 saturated carbocycles. The monoisotopic (exact) mass is 249 g/mol. The van der Waals surface area contributed by atoms with Crippen LogP contribution < -0.4 is 5.32 Å². The maximum absolute atomic E-state index is 11.8. The molecule has 1 amide bonds. The smallest absolute Gasteiger partial charge is 0.291 e. The molecule has 0 bridgehead atoms. The predicted octanol–water partition coefficient (Wildman–Crippen LogP) is 1.02. The van der Waals surface area contributed by atoms with Crippen molar-refractivity contribution in [3.05, 3.63) is 29.7 Å². The van der Waals surface area contributed by atoms with Crippen molar-refractivity contribution >= 4 is 5.91 Å². The van der Waals surface area contributed by atoms with Gasteiger partial charge in [0.25, 0.3) is 5.91 Å². The molecule has 7 heteroatoms. The van der Waals surface area contributed by atoms with Crippen molar-refractivity contribution in [1.82, 2.24) is 25.7 Å². The topological polar surface area (TPSA) is 96.7 Å². The third-order valence-corrected chi connectivity index (χ3v) is 2.31. The Hall–Kier alpha value is -2.18. The van der Waals surface area contributed by atoms with Gasteiger partial charge in [-0.3, -0.25) is 9.89 Å². The summed E-state index contributed by atoms with van der Waals surface area (Å²) in [5, 5.41) is 12.8. The van der Waals surface area contributed by atoms with E-state index in [0.29, 0.717) is 11.6 Å². The minimum atomic E-state index is -0.349. The molecule has 96 valence electrons. The molecule has 0 aliphatic heterocycles. The standard InChI is InChI=1S/C11H15N5O2/c1-11(2,3)10-14-8(15-16-10)9(17)12-6-7-4-5-13-18-7/h4-5H,6H2,1-3H3,(H,12,17)(H,14,15,16). The third kappa shape index (κ3) is 2.73. The van der Waals surface area contributed by atoms with E-state index in [2.05, 4.69) is 25.7 Å². The molecule has 7 nitrogen and oxygen atoms in total. The van der Waals surface area contributed by atoms with Crippen molar-refractivity contribution < 1.29 is 9.32 Å². The predicted molar refractivity (Wildman–Crippen MR) is 62.8 cm³/mol. The lowest BCUT2D eigenvalue weighted by Gasteiger charge is -2.12. The number of nitrogens with one attached hydrogen (secondary N) is 2. The van der Waals surface area contributed by atoms with Gasteiger partial charge >= 0.3 is 0 Å². The van der Waals surface area contributed by atoms with Crippen molar-refractivity contribution in [3.63, 3.8) is 0 Å². The largest absolute Gasteiger partial charge is 0.360 e. The molecule has 0 aliphatic carbocycles. The van der Waals surface area contributed by atoms with E-state index in [0.717, 1.165) is 0 Å². The van der Waals surface area contributed by atoms with Crippen molar-refractivity contribution in [1.29, 1.82) is 0 Å². The van der Waals surface area contributed by atoms with Gasteiger partial charge in [0, 0.05) is 11.5 Å². The average Bonchev–Trinajstić information content (AvgIpc) is 2.96. The van der Waals surface area contributed by atoms with Gasteiger partial charge in [-0.05, 0) is 0 Å². The van der Waals surface area contributed by atoms with Gasteiger partial charge in [-0.25, -0.2) is 4.98 Å². The van der Waals surface area contributed by atoms with E-state index in [-0.39, 0.29) is 23.7 Å². The van der Waals surface area contributed by atoms with Gasteiger partial charge in [0.2, 0.25) is 5.82 Å². The Morgan fingerprint density at radius 3 is 2.83 bits per heavy atom. The molecule has 0 atom stereocenters. The van der Waals surface area contributed by atoms with E-state index in [9.17, 15) is 4.79 Å². The minimum absolute atomic E-state index is 0.124. The van der Waals surface area contributed by atoms with Crippen molar-refractivity contribution in [2.24, 2.45) is 0 Å². The Bertz CT molecular complexity index is 524. The summed E-state index contributed by atoms with van der Waals surface area (Å²) in [6.45, 7) is 6.23. The lowest BCUT2D eigenvalue weighted by Crippen LogP contribution is -2.24. The van der Waals surface area contributed by atoms with Crippen LogP contribution in [0.1, 0.15) is 43.0 Å². The molecule has 0 spiro atoms. The van der Waals surface area contributed by atoms with Crippen LogP contribution in [-0.2, 0) is 12.0 Å². The Morgan fingerprint density at radius 1 is 1.50 bits per heavy atom. The number of carbonyl (C=O) groups excluding carboxylic acids is 1. The van der Waals surface area contributed by atoms with Gasteiger partial charge in [-0.15, -0.1) is 5.10 Å². The molecular weight excluding hydrogens is 234 g/mol. The fourth-order valence-corrected chi connectivity index (χ4v) is 1.28. The molecule has 0 aromatic carbocycles. The number of aromatic nitrogens is 4. The molecule has 2 heterocycles. The number of carbonyl (C=O) groups is 1. The van der Waals surface area contributed by atoms with Crippen LogP contribution in [0.4, 0.5) is 0 Å². The maximum atomic E-state index is 11.8. The van der Waals surface area contributed by atoms with Crippen LogP contribution >= 0.6 is 0 Å². The Morgan fingerprint density at radius 2 is 2.28 bits per heavy atom. The van der Waals surface area contributed by atoms with E-state index in [1.807, 2.05) is 20.8 Å². The van der Waals surface area contributed by atoms with E-state index in [4.69, 9.17) is 4.52 Å². The fourth-order valence-electron chi connectivity index (χ4n) is 1.28. The first-order chi connectivity index (χ1) is 8.47. The quantitative estimate of drug-likeness (QED) is 0.846. The number of H-pyrrole nitrogens is 1. The molecule has 0 saturated heterocycles. The average molecular weight is 249 g/mol. The Labute approximate surface area is 104 Å². The Kier molecular flexibility index (Phi) is 3.14. The molecule has 18 heavy (non-hydrogen) atoms. The van der Waals surface area contributed by atoms with Crippen LogP contribution in [0.15, 0.2) is 16.8 Å². The van der Waals surface area contributed by atoms with Crippen molar-refractivity contribution in [3.8, 4) is 0 Å². The summed E-state index contributed by atoms with van der Waals surface area (Å²) in [5.74, 6) is 1.03. The first kappa shape index (κ1) is 12.3. The molecule has 2 N–H and O–H groups in total. The second kappa shape index (κ2) is 4.59. The SMILES string of the molecule is CC(C)(C)c1nc(C(=O)NCc2ccno2)n[nH]1. The summed E-state index contributed by atoms with van der Waals surface area (Å²) in [5.41, 5.74) is -0.170. The number of aromatic amines is 1. The van der Waals surface area contributed by atoms with Gasteiger partial charge < -0.3 is 9.84 Å². The molecule has 0 aliphatic rings. The van der Waals surface area contributed by atoms with Crippen molar-refractivity contribution in [2.75, 3.05) is 0 Å². The summed E-state index contributed by atoms with van der Waals surface area (Å²) in [4.78, 5) is 15.9. The number of hydrogen-bond donors (Lipinski definition) is 2. The van der Waals surface area contributed by atoms with E-state index in [1.165, 1.54) is 6.20 Å². The Balaban J connectivity index is 1.99. The van der Waals surface area contributed by atoms with Gasteiger partial charge in [0.15, 0.2) is 5.76 Å². The summed E-state index contributed by atoms with van der Waals surface area (Å²) in [6.07, 6.45) is 1.52. The van der Waals surface area contributed by atoms with E-state index < -0.39 is 0 Å². The summed E-state index contributed by atoms with van der Waals surface area (Å²) in [7, 11) is 0. The number of hydrogen-bond acceptors (Lipinski definition) is 5. The van der Waals surface area contributed by atoms with Crippen LogP contribution in [0.2, 0.25) is 0 Å². The molecule has 0 radical (unpaired) electrons. The molecule has 0 unspecified atom stereocenters. The van der Waals surface area contributed by atoms with Crippen molar-refractivity contribution in [2.45, 2.75) is 32.7 Å². The van der Waals surface area contributed by atoms with E-state index >= 15 is 0 Å². The highest BCUT2D eigenvalue weighted by molar-refractivity contribution is 5.90. The van der Waals surface area contributed by atoms with E-state index in [1.54, 1.807) is 6.07 Å². The van der Waals surface area contributed by atoms with Gasteiger partial charge in [-0.1, -0.05) is 25.9 Å². The lowest BCUT2D eigenvalue weighted by atomic mass is 9.96. The highest BCUT2D eigenvalue weighted by atomic mass is 16.5. The zero-order valence-electron chi connectivity index (χ0n) is 10.5. The molecule has 0 fully saturated rings. The highest BCUT2D eigenvalue weighted by Gasteiger charge is 2.21. The number of amides is 1. The van der Waals surface area contributed by atoms with Crippen LogP contribution in [0, 0.1) is 0 Å². The van der Waals surface area contributed by atoms with Crippen LogP contribution in [0.25, 0.3) is 0 Å². The summed E-state index contributed by atoms with van der Waals surface area (Å²) in [6, 6.07) is 1.68. The second-order valence-corrected chi connectivity index (χ2v) is 4.92. The molecule has 2 rings (SSSR count). The van der Waals surface area contributed by atoms with Gasteiger partial charge in [-0.2, -0.15) is 0 Å². The molecule has 2 aromatic heterocycles. The van der Waals surface area contributed by atoms with Crippen LogP contribution in [-0.4, -0.2) is 26.2 Å². The van der Waals surface area contributed by atoms with Gasteiger partial charge in [0.1, 0.15) is 5.82 Å². The first-order valence-corrected chi connectivity index (χ1v) is 5.57. The van der Waals surface area contributed by atoms with Gasteiger partial charge in [0.05, 0.1) is 12.7 Å². The summed E-state index contributed by atoms with van der Waals surface area (Å²) < 4.78 is 4.87. The highest BCUT2D eigenvalue weighted by Crippen LogP contribution is 2.17. The second-order valence-electron chi connectivity index (χ2n) is 4.92. The maximum Gasteiger partial charge on any atom is 0.291 e. The van der Waals surface area contributed by atoms with Crippen LogP contribution in [0.3, 0.4) is 0 Å². The zero-order valence-corrected chi connectivity index (χ0v) is 10.5. The number of rotatable bonds is 3. The van der Waals surface area contributed by atoms with Crippen LogP contribution in [0.5, 0.6) is 0 Å². The third-order valence-electron chi connectivity index (χ3n) is 2.31. The normalized spacial score (nSPS) is 11.5. The number of nitrogens with zero attached hydrogens (tertiary/aromatic N) is 3. The summed E-state index contributed by atoms with van der Waals surface area (Å²) >= 11 is 0. The zero-order chi connectivity index (χ0) is 13.2. The molecular formula is C11H15N5O2. The molecule has 2 aromatic rings. The first-order valence-electron chi connectivity index (χ1n) is 5.57. The lowest BCUT2D eigenvalue weighted by molar-refractivity contribution is 0.0937. The fraction of sp³-hybridized carbons (Fsp3) is 0.455.